The largest absolute Gasteiger partial charge is 0.481 e. The number of rotatable bonds is 6. The Kier molecular flexibility index (Phi) is 6.79. The van der Waals surface area contributed by atoms with Crippen LogP contribution in [0.3, 0.4) is 0 Å². The van der Waals surface area contributed by atoms with Crippen LogP contribution in [0.4, 0.5) is 4.39 Å². The zero-order valence-corrected chi connectivity index (χ0v) is 17.7. The third-order valence-electron chi connectivity index (χ3n) is 4.54. The minimum Gasteiger partial charge on any atom is -0.481 e. The number of hydrazine groups is 1. The van der Waals surface area contributed by atoms with E-state index in [-0.39, 0.29) is 12.2 Å². The number of hydrogen-bond acceptors (Lipinski definition) is 5. The lowest BCUT2D eigenvalue weighted by molar-refractivity contribution is -0.132. The smallest absolute Gasteiger partial charge is 0.279 e. The normalized spacial score (nSPS) is 11.6. The fourth-order valence-corrected chi connectivity index (χ4v) is 3.48. The fourth-order valence-electron chi connectivity index (χ4n) is 2.65. The highest BCUT2D eigenvalue weighted by molar-refractivity contribution is 7.13. The topological polar surface area (TPSA) is 80.3 Å². The first-order valence-corrected chi connectivity index (χ1v) is 10.2. The zero-order chi connectivity index (χ0) is 21.7. The van der Waals surface area contributed by atoms with Crippen molar-refractivity contribution in [1.29, 1.82) is 0 Å². The van der Waals surface area contributed by atoms with E-state index in [1.165, 1.54) is 23.5 Å². The number of thiazole rings is 1. The Balaban J connectivity index is 1.50. The first-order chi connectivity index (χ1) is 14.3. The van der Waals surface area contributed by atoms with Gasteiger partial charge in [0, 0.05) is 10.9 Å². The maximum atomic E-state index is 13.0. The van der Waals surface area contributed by atoms with Crippen molar-refractivity contribution in [3.05, 3.63) is 70.5 Å². The Morgan fingerprint density at radius 1 is 1.13 bits per heavy atom. The Morgan fingerprint density at radius 2 is 1.87 bits per heavy atom. The maximum absolute atomic E-state index is 13.0. The summed E-state index contributed by atoms with van der Waals surface area (Å²) in [5.41, 5.74) is 8.11. The number of ether oxygens (including phenoxy) is 1. The van der Waals surface area contributed by atoms with E-state index < -0.39 is 17.9 Å². The van der Waals surface area contributed by atoms with Crippen LogP contribution in [-0.4, -0.2) is 22.9 Å². The molecule has 0 aliphatic rings. The molecule has 0 fully saturated rings. The molecular formula is C22H22FN3O3S. The maximum Gasteiger partial charge on any atom is 0.279 e. The van der Waals surface area contributed by atoms with Gasteiger partial charge >= 0.3 is 0 Å². The number of aryl methyl sites for hydroxylation is 1. The molecule has 8 heteroatoms. The molecule has 1 aromatic heterocycles. The van der Waals surface area contributed by atoms with Gasteiger partial charge in [-0.25, -0.2) is 9.37 Å². The van der Waals surface area contributed by atoms with E-state index in [0.29, 0.717) is 16.5 Å². The fraction of sp³-hybridized carbons (Fsp3) is 0.227. The molecule has 2 N–H and O–H groups in total. The Bertz CT molecular complexity index is 1050. The van der Waals surface area contributed by atoms with E-state index in [2.05, 4.69) is 15.8 Å². The van der Waals surface area contributed by atoms with E-state index >= 15 is 0 Å². The number of nitrogens with zero attached hydrogens (tertiary/aromatic N) is 1. The summed E-state index contributed by atoms with van der Waals surface area (Å²) in [5, 5.41) is 2.45. The summed E-state index contributed by atoms with van der Waals surface area (Å²) in [6, 6.07) is 11.6. The van der Waals surface area contributed by atoms with Gasteiger partial charge in [0.15, 0.2) is 6.10 Å². The molecule has 0 saturated carbocycles. The zero-order valence-electron chi connectivity index (χ0n) is 16.9. The van der Waals surface area contributed by atoms with E-state index in [0.717, 1.165) is 16.7 Å². The summed E-state index contributed by atoms with van der Waals surface area (Å²) in [4.78, 5) is 28.7. The van der Waals surface area contributed by atoms with Crippen LogP contribution in [0.1, 0.15) is 23.7 Å². The summed E-state index contributed by atoms with van der Waals surface area (Å²) >= 11 is 1.36. The summed E-state index contributed by atoms with van der Waals surface area (Å²) < 4.78 is 18.7. The molecule has 3 rings (SSSR count). The molecule has 0 aliphatic carbocycles. The molecule has 0 radical (unpaired) electrons. The van der Waals surface area contributed by atoms with Gasteiger partial charge in [-0.15, -0.1) is 11.3 Å². The van der Waals surface area contributed by atoms with Gasteiger partial charge in [-0.1, -0.05) is 12.1 Å². The van der Waals surface area contributed by atoms with E-state index in [4.69, 9.17) is 4.74 Å². The summed E-state index contributed by atoms with van der Waals surface area (Å²) in [5.74, 6) is -0.561. The number of nitrogens with one attached hydrogen (secondary N) is 2. The number of benzene rings is 2. The van der Waals surface area contributed by atoms with Crippen LogP contribution in [0.2, 0.25) is 0 Å². The van der Waals surface area contributed by atoms with Gasteiger partial charge < -0.3 is 4.74 Å². The molecule has 0 unspecified atom stereocenters. The predicted octanol–water partition coefficient (Wildman–Crippen LogP) is 3.72. The van der Waals surface area contributed by atoms with Gasteiger partial charge in [0.2, 0.25) is 5.91 Å². The van der Waals surface area contributed by atoms with Crippen LogP contribution in [0.5, 0.6) is 5.75 Å². The second-order valence-corrected chi connectivity index (χ2v) is 7.68. The van der Waals surface area contributed by atoms with Crippen molar-refractivity contribution < 1.29 is 18.7 Å². The van der Waals surface area contributed by atoms with Gasteiger partial charge in [0.1, 0.15) is 16.6 Å². The second-order valence-electron chi connectivity index (χ2n) is 6.82. The average Bonchev–Trinajstić information content (AvgIpc) is 3.18. The van der Waals surface area contributed by atoms with Crippen LogP contribution in [0.25, 0.3) is 10.6 Å². The number of halogens is 1. The molecule has 6 nitrogen and oxygen atoms in total. The molecule has 3 aromatic rings. The van der Waals surface area contributed by atoms with Gasteiger partial charge in [0.05, 0.1) is 12.1 Å². The molecule has 0 aliphatic heterocycles. The molecule has 0 spiro atoms. The molecule has 0 saturated heterocycles. The molecule has 2 amide bonds. The Labute approximate surface area is 178 Å². The minimum absolute atomic E-state index is 0.00417. The standard InChI is InChI=1S/C22H22FN3O3S/c1-13-5-4-6-19(14(13)2)29-15(3)21(28)26-25-20(27)11-18-12-30-22(24-18)16-7-9-17(23)10-8-16/h4-10,12,15H,11H2,1-3H3,(H,25,27)(H,26,28)/t15-/m1/s1. The molecule has 2 aromatic carbocycles. The predicted molar refractivity (Wildman–Crippen MR) is 114 cm³/mol. The Morgan fingerprint density at radius 3 is 2.60 bits per heavy atom. The molecule has 1 atom stereocenters. The lowest BCUT2D eigenvalue weighted by atomic mass is 10.1. The van der Waals surface area contributed by atoms with E-state index in [1.54, 1.807) is 30.5 Å². The number of carbonyl (C=O) groups excluding carboxylic acids is 2. The van der Waals surface area contributed by atoms with Crippen molar-refractivity contribution >= 4 is 23.2 Å². The second kappa shape index (κ2) is 9.49. The highest BCUT2D eigenvalue weighted by atomic mass is 32.1. The van der Waals surface area contributed by atoms with Gasteiger partial charge in [-0.2, -0.15) is 0 Å². The summed E-state index contributed by atoms with van der Waals surface area (Å²) in [7, 11) is 0. The van der Waals surface area contributed by atoms with Gasteiger partial charge in [-0.05, 0) is 62.2 Å². The Hall–Kier alpha value is -3.26. The lowest BCUT2D eigenvalue weighted by Gasteiger charge is -2.17. The van der Waals surface area contributed by atoms with Crippen molar-refractivity contribution in [3.63, 3.8) is 0 Å². The average molecular weight is 428 g/mol. The third kappa shape index (κ3) is 5.42. The van der Waals surface area contributed by atoms with Crippen molar-refractivity contribution in [2.75, 3.05) is 0 Å². The summed E-state index contributed by atoms with van der Waals surface area (Å²) in [6.45, 7) is 5.50. The van der Waals surface area contributed by atoms with E-state index in [1.807, 2.05) is 26.0 Å². The van der Waals surface area contributed by atoms with E-state index in [9.17, 15) is 14.0 Å². The van der Waals surface area contributed by atoms with Crippen molar-refractivity contribution in [2.45, 2.75) is 33.3 Å². The number of amides is 2. The quantitative estimate of drug-likeness (QED) is 0.588. The van der Waals surface area contributed by atoms with Crippen LogP contribution < -0.4 is 15.6 Å². The third-order valence-corrected chi connectivity index (χ3v) is 5.48. The molecular weight excluding hydrogens is 405 g/mol. The minimum atomic E-state index is -0.782. The highest BCUT2D eigenvalue weighted by Gasteiger charge is 2.17. The first-order valence-electron chi connectivity index (χ1n) is 9.35. The lowest BCUT2D eigenvalue weighted by Crippen LogP contribution is -2.47. The van der Waals surface area contributed by atoms with Crippen molar-refractivity contribution in [3.8, 4) is 16.3 Å². The number of carbonyl (C=O) groups is 2. The van der Waals surface area contributed by atoms with Crippen molar-refractivity contribution in [2.24, 2.45) is 0 Å². The SMILES string of the molecule is Cc1cccc(O[C@H](C)C(=O)NNC(=O)Cc2csc(-c3ccc(F)cc3)n2)c1C. The number of hydrogen-bond donors (Lipinski definition) is 2. The molecule has 30 heavy (non-hydrogen) atoms. The molecule has 156 valence electrons. The molecule has 0 bridgehead atoms. The highest BCUT2D eigenvalue weighted by Crippen LogP contribution is 2.24. The monoisotopic (exact) mass is 427 g/mol. The van der Waals surface area contributed by atoms with Crippen molar-refractivity contribution in [1.82, 2.24) is 15.8 Å². The number of aromatic nitrogens is 1. The van der Waals surface area contributed by atoms with Gasteiger partial charge in [-0.3, -0.25) is 20.4 Å². The first kappa shape index (κ1) is 21.4. The van der Waals surface area contributed by atoms with Crippen LogP contribution >= 0.6 is 11.3 Å². The van der Waals surface area contributed by atoms with Crippen LogP contribution in [-0.2, 0) is 16.0 Å². The van der Waals surface area contributed by atoms with Gasteiger partial charge in [0.25, 0.3) is 5.91 Å². The van der Waals surface area contributed by atoms with Crippen LogP contribution in [0, 0.1) is 19.7 Å². The van der Waals surface area contributed by atoms with Crippen LogP contribution in [0.15, 0.2) is 47.8 Å². The summed E-state index contributed by atoms with van der Waals surface area (Å²) in [6.07, 6.45) is -0.778. The molecule has 1 heterocycles.